The van der Waals surface area contributed by atoms with E-state index >= 15 is 0 Å². The van der Waals surface area contributed by atoms with Gasteiger partial charge in [-0.25, -0.2) is 12.8 Å². The molecule has 3 N–H and O–H groups in total. The summed E-state index contributed by atoms with van der Waals surface area (Å²) >= 11 is 0. The zero-order valence-electron chi connectivity index (χ0n) is 11.5. The first-order chi connectivity index (χ1) is 9.28. The summed E-state index contributed by atoms with van der Waals surface area (Å²) in [6.45, 7) is 3.56. The van der Waals surface area contributed by atoms with E-state index in [0.717, 1.165) is 12.1 Å². The summed E-state index contributed by atoms with van der Waals surface area (Å²) in [5.74, 6) is -0.539. The van der Waals surface area contributed by atoms with Crippen LogP contribution in [0.25, 0.3) is 0 Å². The van der Waals surface area contributed by atoms with E-state index in [2.05, 4.69) is 0 Å². The molecule has 0 bridgehead atoms. The minimum absolute atomic E-state index is 0.00366. The Bertz CT molecular complexity index is 618. The van der Waals surface area contributed by atoms with Crippen molar-refractivity contribution in [1.29, 1.82) is 0 Å². The topological polar surface area (TPSA) is 83.6 Å². The SMILES string of the molecule is Cc1cc(F)c(N)cc1S(=O)(=O)N1CCC(C)C1CO. The summed E-state index contributed by atoms with van der Waals surface area (Å²) in [5.41, 5.74) is 5.59. The Morgan fingerprint density at radius 3 is 2.75 bits per heavy atom. The summed E-state index contributed by atoms with van der Waals surface area (Å²) in [6.07, 6.45) is 0.695. The van der Waals surface area contributed by atoms with Crippen molar-refractivity contribution in [2.24, 2.45) is 5.92 Å². The molecule has 1 aromatic rings. The van der Waals surface area contributed by atoms with E-state index < -0.39 is 21.9 Å². The first-order valence-electron chi connectivity index (χ1n) is 6.47. The molecule has 1 aliphatic heterocycles. The number of hydrogen-bond acceptors (Lipinski definition) is 4. The third-order valence-corrected chi connectivity index (χ3v) is 5.97. The molecular weight excluding hydrogens is 283 g/mol. The highest BCUT2D eigenvalue weighted by molar-refractivity contribution is 7.89. The van der Waals surface area contributed by atoms with Crippen LogP contribution in [-0.2, 0) is 10.0 Å². The van der Waals surface area contributed by atoms with Gasteiger partial charge in [-0.2, -0.15) is 4.31 Å². The molecule has 20 heavy (non-hydrogen) atoms. The van der Waals surface area contributed by atoms with E-state index in [1.54, 1.807) is 0 Å². The maximum Gasteiger partial charge on any atom is 0.243 e. The number of aryl methyl sites for hydroxylation is 1. The molecule has 1 aromatic carbocycles. The maximum absolute atomic E-state index is 13.4. The van der Waals surface area contributed by atoms with Crippen LogP contribution in [0.1, 0.15) is 18.9 Å². The average molecular weight is 302 g/mol. The number of aliphatic hydroxyl groups excluding tert-OH is 1. The van der Waals surface area contributed by atoms with Crippen LogP contribution in [0.2, 0.25) is 0 Å². The van der Waals surface area contributed by atoms with Gasteiger partial charge in [0, 0.05) is 6.54 Å². The van der Waals surface area contributed by atoms with Crippen molar-refractivity contribution in [1.82, 2.24) is 4.31 Å². The lowest BCUT2D eigenvalue weighted by Gasteiger charge is -2.25. The van der Waals surface area contributed by atoms with E-state index in [-0.39, 0.29) is 23.1 Å². The second-order valence-electron chi connectivity index (χ2n) is 5.27. The van der Waals surface area contributed by atoms with Crippen LogP contribution in [0.15, 0.2) is 17.0 Å². The van der Waals surface area contributed by atoms with Gasteiger partial charge in [0.1, 0.15) is 5.82 Å². The van der Waals surface area contributed by atoms with Crippen molar-refractivity contribution in [2.75, 3.05) is 18.9 Å². The number of aliphatic hydroxyl groups is 1. The van der Waals surface area contributed by atoms with E-state index in [9.17, 15) is 17.9 Å². The quantitative estimate of drug-likeness (QED) is 0.819. The molecule has 7 heteroatoms. The number of benzene rings is 1. The number of nitrogens with zero attached hydrogens (tertiary/aromatic N) is 1. The fourth-order valence-electron chi connectivity index (χ4n) is 2.62. The molecule has 0 spiro atoms. The highest BCUT2D eigenvalue weighted by Crippen LogP contribution is 2.32. The first kappa shape index (κ1) is 15.2. The summed E-state index contributed by atoms with van der Waals surface area (Å²) in [7, 11) is -3.78. The Hall–Kier alpha value is -1.18. The van der Waals surface area contributed by atoms with Crippen molar-refractivity contribution in [2.45, 2.75) is 31.2 Å². The standard InChI is InChI=1S/C13H19FN2O3S/c1-8-3-4-16(12(8)7-17)20(18,19)13-6-11(15)10(14)5-9(13)2/h5-6,8,12,17H,3-4,7,15H2,1-2H3. The third kappa shape index (κ3) is 2.41. The van der Waals surface area contributed by atoms with Crippen LogP contribution in [0.4, 0.5) is 10.1 Å². The lowest BCUT2D eigenvalue weighted by atomic mass is 10.0. The van der Waals surface area contributed by atoms with E-state index in [1.165, 1.54) is 11.2 Å². The fourth-order valence-corrected chi connectivity index (χ4v) is 4.59. The summed E-state index contributed by atoms with van der Waals surface area (Å²) in [4.78, 5) is 0.00366. The number of rotatable bonds is 3. The van der Waals surface area contributed by atoms with Crippen molar-refractivity contribution in [3.8, 4) is 0 Å². The lowest BCUT2D eigenvalue weighted by molar-refractivity contribution is 0.191. The zero-order chi connectivity index (χ0) is 15.1. The number of halogens is 1. The van der Waals surface area contributed by atoms with Gasteiger partial charge in [-0.05, 0) is 37.0 Å². The molecule has 1 heterocycles. The van der Waals surface area contributed by atoms with Crippen LogP contribution in [0, 0.1) is 18.7 Å². The molecule has 112 valence electrons. The van der Waals surface area contributed by atoms with Gasteiger partial charge in [0.2, 0.25) is 10.0 Å². The van der Waals surface area contributed by atoms with E-state index in [4.69, 9.17) is 5.73 Å². The Morgan fingerprint density at radius 1 is 1.50 bits per heavy atom. The summed E-state index contributed by atoms with van der Waals surface area (Å²) in [5, 5.41) is 9.39. The van der Waals surface area contributed by atoms with Crippen molar-refractivity contribution in [3.05, 3.63) is 23.5 Å². The summed E-state index contributed by atoms with van der Waals surface area (Å²) in [6, 6.07) is 1.83. The molecule has 5 nitrogen and oxygen atoms in total. The molecule has 1 aliphatic rings. The minimum atomic E-state index is -3.78. The smallest absolute Gasteiger partial charge is 0.243 e. The van der Waals surface area contributed by atoms with Crippen LogP contribution in [-0.4, -0.2) is 37.0 Å². The van der Waals surface area contributed by atoms with Gasteiger partial charge in [-0.1, -0.05) is 6.92 Å². The van der Waals surface area contributed by atoms with Crippen molar-refractivity contribution in [3.63, 3.8) is 0 Å². The molecule has 1 fully saturated rings. The highest BCUT2D eigenvalue weighted by atomic mass is 32.2. The molecular formula is C13H19FN2O3S. The van der Waals surface area contributed by atoms with Crippen LogP contribution >= 0.6 is 0 Å². The number of hydrogen-bond donors (Lipinski definition) is 2. The van der Waals surface area contributed by atoms with Crippen LogP contribution < -0.4 is 5.73 Å². The molecule has 0 saturated carbocycles. The zero-order valence-corrected chi connectivity index (χ0v) is 12.3. The number of sulfonamides is 1. The normalized spacial score (nSPS) is 24.2. The Balaban J connectivity index is 2.48. The minimum Gasteiger partial charge on any atom is -0.396 e. The van der Waals surface area contributed by atoms with Crippen molar-refractivity contribution >= 4 is 15.7 Å². The largest absolute Gasteiger partial charge is 0.396 e. The monoisotopic (exact) mass is 302 g/mol. The molecule has 2 unspecified atom stereocenters. The van der Waals surface area contributed by atoms with Gasteiger partial charge in [0.25, 0.3) is 0 Å². The van der Waals surface area contributed by atoms with Gasteiger partial charge >= 0.3 is 0 Å². The van der Waals surface area contributed by atoms with Gasteiger partial charge in [0.05, 0.1) is 23.2 Å². The van der Waals surface area contributed by atoms with Gasteiger partial charge in [-0.3, -0.25) is 0 Å². The van der Waals surface area contributed by atoms with E-state index in [1.807, 2.05) is 6.92 Å². The Labute approximate surface area is 118 Å². The van der Waals surface area contributed by atoms with E-state index in [0.29, 0.717) is 18.5 Å². The predicted octanol–water partition coefficient (Wildman–Crippen LogP) is 1.11. The lowest BCUT2D eigenvalue weighted by Crippen LogP contribution is -2.40. The average Bonchev–Trinajstić information content (AvgIpc) is 2.75. The maximum atomic E-state index is 13.4. The van der Waals surface area contributed by atoms with Crippen molar-refractivity contribution < 1.29 is 17.9 Å². The second-order valence-corrected chi connectivity index (χ2v) is 7.13. The summed E-state index contributed by atoms with van der Waals surface area (Å²) < 4.78 is 40.0. The number of anilines is 1. The first-order valence-corrected chi connectivity index (χ1v) is 7.91. The van der Waals surface area contributed by atoms with Gasteiger partial charge < -0.3 is 10.8 Å². The van der Waals surface area contributed by atoms with Crippen LogP contribution in [0.3, 0.4) is 0 Å². The molecule has 0 aliphatic carbocycles. The molecule has 1 saturated heterocycles. The molecule has 0 aromatic heterocycles. The molecule has 2 rings (SSSR count). The van der Waals surface area contributed by atoms with Gasteiger partial charge in [-0.15, -0.1) is 0 Å². The number of nitrogen functional groups attached to an aromatic ring is 1. The highest BCUT2D eigenvalue weighted by Gasteiger charge is 2.39. The van der Waals surface area contributed by atoms with Gasteiger partial charge in [0.15, 0.2) is 0 Å². The second kappa shape index (κ2) is 5.31. The third-order valence-electron chi connectivity index (χ3n) is 3.90. The molecule has 0 radical (unpaired) electrons. The predicted molar refractivity (Wildman–Crippen MR) is 74.1 cm³/mol. The molecule has 2 atom stereocenters. The Kier molecular flexibility index (Phi) is 4.04. The number of nitrogens with two attached hydrogens (primary N) is 1. The Morgan fingerprint density at radius 2 is 2.15 bits per heavy atom. The van der Waals surface area contributed by atoms with Crippen LogP contribution in [0.5, 0.6) is 0 Å². The molecule has 0 amide bonds. The fraction of sp³-hybridized carbons (Fsp3) is 0.538.